The van der Waals surface area contributed by atoms with Crippen LogP contribution in [0.3, 0.4) is 0 Å². The first-order valence-electron chi connectivity index (χ1n) is 10.8. The second-order valence-electron chi connectivity index (χ2n) is 7.96. The second-order valence-corrected chi connectivity index (χ2v) is 7.96. The zero-order valence-electron chi connectivity index (χ0n) is 18.3. The van der Waals surface area contributed by atoms with Gasteiger partial charge in [-0.15, -0.1) is 0 Å². The minimum Gasteiger partial charge on any atom is -0.382 e. The van der Waals surface area contributed by atoms with E-state index in [0.717, 1.165) is 61.3 Å². The maximum Gasteiger partial charge on any atom is 0.191 e. The van der Waals surface area contributed by atoms with Crippen molar-refractivity contribution >= 4 is 5.96 Å². The Morgan fingerprint density at radius 3 is 2.66 bits per heavy atom. The molecular formula is C23H35N5O. The molecule has 0 spiro atoms. The molecule has 6 heteroatoms. The lowest BCUT2D eigenvalue weighted by Gasteiger charge is -2.18. The van der Waals surface area contributed by atoms with E-state index in [1.165, 1.54) is 12.8 Å². The topological polar surface area (TPSA) is 63.5 Å². The van der Waals surface area contributed by atoms with Crippen molar-refractivity contribution < 1.29 is 4.74 Å². The molecule has 0 bridgehead atoms. The van der Waals surface area contributed by atoms with Crippen LogP contribution in [0.25, 0.3) is 5.69 Å². The molecule has 1 aliphatic rings. The lowest BCUT2D eigenvalue weighted by Crippen LogP contribution is -2.40. The Balaban J connectivity index is 1.67. The van der Waals surface area contributed by atoms with E-state index < -0.39 is 0 Å². The molecule has 0 amide bonds. The predicted octanol–water partition coefficient (Wildman–Crippen LogP) is 3.75. The molecule has 1 aliphatic carbocycles. The summed E-state index contributed by atoms with van der Waals surface area (Å²) >= 11 is 0. The number of rotatable bonds is 10. The zero-order chi connectivity index (χ0) is 20.7. The van der Waals surface area contributed by atoms with E-state index in [2.05, 4.69) is 66.8 Å². The molecule has 1 aromatic carbocycles. The van der Waals surface area contributed by atoms with Crippen LogP contribution in [-0.4, -0.2) is 42.0 Å². The van der Waals surface area contributed by atoms with Gasteiger partial charge in [0.1, 0.15) is 0 Å². The number of nitrogens with zero attached hydrogens (tertiary/aromatic N) is 3. The molecule has 1 aromatic heterocycles. The maximum atomic E-state index is 5.55. The number of aryl methyl sites for hydroxylation is 2. The van der Waals surface area contributed by atoms with E-state index in [1.807, 2.05) is 11.6 Å². The summed E-state index contributed by atoms with van der Waals surface area (Å²) < 4.78 is 7.56. The number of nitrogens with one attached hydrogen (secondary N) is 2. The number of hydrogen-bond acceptors (Lipinski definition) is 3. The highest BCUT2D eigenvalue weighted by Gasteiger charge is 2.41. The lowest BCUT2D eigenvalue weighted by molar-refractivity contribution is 0.128. The molecule has 0 radical (unpaired) electrons. The first-order valence-corrected chi connectivity index (χ1v) is 10.8. The van der Waals surface area contributed by atoms with Crippen LogP contribution >= 0.6 is 0 Å². The Hall–Kier alpha value is -2.34. The van der Waals surface area contributed by atoms with Crippen molar-refractivity contribution in [1.82, 2.24) is 20.4 Å². The van der Waals surface area contributed by atoms with Gasteiger partial charge in [-0.3, -0.25) is 0 Å². The molecule has 0 saturated heterocycles. The third-order valence-corrected chi connectivity index (χ3v) is 5.55. The fraction of sp³-hybridized carbons (Fsp3) is 0.565. The molecule has 0 aliphatic heterocycles. The van der Waals surface area contributed by atoms with Crippen molar-refractivity contribution in [2.75, 3.05) is 26.3 Å². The number of ether oxygens (including phenoxy) is 1. The van der Waals surface area contributed by atoms with E-state index >= 15 is 0 Å². The van der Waals surface area contributed by atoms with Gasteiger partial charge >= 0.3 is 0 Å². The van der Waals surface area contributed by atoms with Gasteiger partial charge in [-0.1, -0.05) is 18.2 Å². The quantitative estimate of drug-likeness (QED) is 0.364. The average molecular weight is 398 g/mol. The summed E-state index contributed by atoms with van der Waals surface area (Å²) in [5.74, 6) is 0.873. The molecule has 6 nitrogen and oxygen atoms in total. The minimum absolute atomic E-state index is 0.382. The van der Waals surface area contributed by atoms with Gasteiger partial charge in [0.25, 0.3) is 0 Å². The summed E-state index contributed by atoms with van der Waals surface area (Å²) in [4.78, 5) is 4.86. The maximum absolute atomic E-state index is 5.55. The van der Waals surface area contributed by atoms with Crippen LogP contribution < -0.4 is 10.6 Å². The first kappa shape index (κ1) is 21.4. The Morgan fingerprint density at radius 1 is 1.21 bits per heavy atom. The summed E-state index contributed by atoms with van der Waals surface area (Å²) in [5, 5.41) is 11.6. The average Bonchev–Trinajstić information content (AvgIpc) is 3.40. The Labute approximate surface area is 174 Å². The van der Waals surface area contributed by atoms with Crippen LogP contribution in [0.5, 0.6) is 0 Å². The van der Waals surface area contributed by atoms with Crippen molar-refractivity contribution in [3.8, 4) is 5.69 Å². The Kier molecular flexibility index (Phi) is 7.31. The van der Waals surface area contributed by atoms with Gasteiger partial charge in [0.15, 0.2) is 5.96 Å². The zero-order valence-corrected chi connectivity index (χ0v) is 18.3. The standard InChI is InChI=1S/C23H35N5O/c1-5-24-22(26-17-23(11-12-23)13-14-29-6-2)25-16-20-9-7-8-10-21(20)28-19(4)15-18(3)27-28/h7-10,15H,5-6,11-14,16-17H2,1-4H3,(H2,24,25,26). The van der Waals surface area contributed by atoms with Crippen LogP contribution in [0, 0.1) is 19.3 Å². The van der Waals surface area contributed by atoms with Gasteiger partial charge in [0.05, 0.1) is 17.9 Å². The smallest absolute Gasteiger partial charge is 0.191 e. The van der Waals surface area contributed by atoms with Gasteiger partial charge in [0.2, 0.25) is 0 Å². The largest absolute Gasteiger partial charge is 0.382 e. The van der Waals surface area contributed by atoms with E-state index in [4.69, 9.17) is 9.73 Å². The number of aliphatic imine (C=N–C) groups is 1. The third-order valence-electron chi connectivity index (χ3n) is 5.55. The highest BCUT2D eigenvalue weighted by atomic mass is 16.5. The Bertz CT molecular complexity index is 822. The third kappa shape index (κ3) is 5.82. The fourth-order valence-electron chi connectivity index (χ4n) is 3.63. The van der Waals surface area contributed by atoms with Gasteiger partial charge in [0, 0.05) is 32.0 Å². The summed E-state index contributed by atoms with van der Waals surface area (Å²) in [6, 6.07) is 10.5. The second kappa shape index (κ2) is 9.92. The minimum atomic E-state index is 0.382. The van der Waals surface area contributed by atoms with Gasteiger partial charge < -0.3 is 15.4 Å². The summed E-state index contributed by atoms with van der Waals surface area (Å²) in [6.07, 6.45) is 3.66. The predicted molar refractivity (Wildman–Crippen MR) is 119 cm³/mol. The van der Waals surface area contributed by atoms with E-state index in [1.54, 1.807) is 0 Å². The molecular weight excluding hydrogens is 362 g/mol. The normalized spacial score (nSPS) is 15.4. The monoisotopic (exact) mass is 397 g/mol. The highest BCUT2D eigenvalue weighted by Crippen LogP contribution is 2.48. The molecule has 29 heavy (non-hydrogen) atoms. The first-order chi connectivity index (χ1) is 14.1. The SMILES string of the molecule is CCNC(=NCc1ccccc1-n1nc(C)cc1C)NCC1(CCOCC)CC1. The fourth-order valence-corrected chi connectivity index (χ4v) is 3.63. The number of hydrogen-bond donors (Lipinski definition) is 2. The molecule has 3 rings (SSSR count). The molecule has 1 saturated carbocycles. The molecule has 0 unspecified atom stereocenters. The molecule has 1 heterocycles. The van der Waals surface area contributed by atoms with Crippen LogP contribution in [0.1, 0.15) is 50.1 Å². The number of para-hydroxylation sites is 1. The van der Waals surface area contributed by atoms with Crippen molar-refractivity contribution in [3.05, 3.63) is 47.3 Å². The molecule has 158 valence electrons. The lowest BCUT2D eigenvalue weighted by atomic mass is 10.0. The van der Waals surface area contributed by atoms with Crippen LogP contribution in [0.4, 0.5) is 0 Å². The molecule has 1 fully saturated rings. The summed E-state index contributed by atoms with van der Waals surface area (Å²) in [5.41, 5.74) is 4.79. The van der Waals surface area contributed by atoms with Gasteiger partial charge in [-0.2, -0.15) is 5.10 Å². The summed E-state index contributed by atoms with van der Waals surface area (Å²) in [6.45, 7) is 12.3. The Morgan fingerprint density at radius 2 is 2.00 bits per heavy atom. The van der Waals surface area contributed by atoms with Crippen LogP contribution in [-0.2, 0) is 11.3 Å². The van der Waals surface area contributed by atoms with E-state index in [0.29, 0.717) is 12.0 Å². The van der Waals surface area contributed by atoms with Crippen LogP contribution in [0.2, 0.25) is 0 Å². The molecule has 2 aromatic rings. The van der Waals surface area contributed by atoms with Crippen molar-refractivity contribution in [2.24, 2.45) is 10.4 Å². The van der Waals surface area contributed by atoms with E-state index in [9.17, 15) is 0 Å². The van der Waals surface area contributed by atoms with Crippen molar-refractivity contribution in [2.45, 2.75) is 53.5 Å². The number of benzene rings is 1. The molecule has 0 atom stereocenters. The number of aromatic nitrogens is 2. The van der Waals surface area contributed by atoms with Gasteiger partial charge in [-0.25, -0.2) is 9.67 Å². The van der Waals surface area contributed by atoms with Gasteiger partial charge in [-0.05, 0) is 70.1 Å². The van der Waals surface area contributed by atoms with Crippen LogP contribution in [0.15, 0.2) is 35.3 Å². The number of guanidine groups is 1. The van der Waals surface area contributed by atoms with Crippen molar-refractivity contribution in [3.63, 3.8) is 0 Å². The van der Waals surface area contributed by atoms with E-state index in [-0.39, 0.29) is 0 Å². The molecule has 2 N–H and O–H groups in total. The summed E-state index contributed by atoms with van der Waals surface area (Å²) in [7, 11) is 0. The highest BCUT2D eigenvalue weighted by molar-refractivity contribution is 5.79. The van der Waals surface area contributed by atoms with Crippen molar-refractivity contribution in [1.29, 1.82) is 0 Å².